The Bertz CT molecular complexity index is 180. The Hall–Kier alpha value is 0.310. The van der Waals surface area contributed by atoms with Gasteiger partial charge in [0.15, 0.2) is 0 Å². The van der Waals surface area contributed by atoms with Crippen LogP contribution in [0.3, 0.4) is 0 Å². The van der Waals surface area contributed by atoms with Crippen LogP contribution < -0.4 is 5.32 Å². The highest BCUT2D eigenvalue weighted by Gasteiger charge is 2.25. The summed E-state index contributed by atoms with van der Waals surface area (Å²) in [6, 6.07) is 0.665. The average Bonchev–Trinajstić information content (AvgIpc) is 2.68. The third-order valence-electron chi connectivity index (χ3n) is 3.49. The van der Waals surface area contributed by atoms with Gasteiger partial charge in [0.1, 0.15) is 0 Å². The second kappa shape index (κ2) is 6.90. The van der Waals surface area contributed by atoms with E-state index in [-0.39, 0.29) is 0 Å². The predicted octanol–water partition coefficient (Wildman–Crippen LogP) is 4.08. The quantitative estimate of drug-likeness (QED) is 0.754. The molecule has 1 unspecified atom stereocenters. The minimum atomic E-state index is 0.390. The molecule has 0 radical (unpaired) electrons. The topological polar surface area (TPSA) is 12.0 Å². The molecule has 0 heterocycles. The average molecular weight is 243 g/mol. The SMILES string of the molecule is CCCNC(CSC1CCCC1)C(C)(C)C. The number of hydrogen-bond donors (Lipinski definition) is 1. The maximum atomic E-state index is 3.71. The van der Waals surface area contributed by atoms with E-state index < -0.39 is 0 Å². The first-order valence-corrected chi connectivity index (χ1v) is 7.94. The van der Waals surface area contributed by atoms with Crippen LogP contribution in [0.2, 0.25) is 0 Å². The normalized spacial score (nSPS) is 20.2. The lowest BCUT2D eigenvalue weighted by Gasteiger charge is -2.32. The molecular formula is C14H29NS. The fourth-order valence-electron chi connectivity index (χ4n) is 2.22. The Labute approximate surface area is 106 Å². The van der Waals surface area contributed by atoms with Crippen molar-refractivity contribution in [3.8, 4) is 0 Å². The molecule has 96 valence electrons. The van der Waals surface area contributed by atoms with E-state index in [0.717, 1.165) is 11.8 Å². The zero-order valence-corrected chi connectivity index (χ0v) is 12.3. The zero-order valence-electron chi connectivity index (χ0n) is 11.5. The lowest BCUT2D eigenvalue weighted by atomic mass is 9.88. The molecule has 1 rings (SSSR count). The summed E-state index contributed by atoms with van der Waals surface area (Å²) in [5.74, 6) is 1.29. The van der Waals surface area contributed by atoms with Crippen LogP contribution in [0.15, 0.2) is 0 Å². The van der Waals surface area contributed by atoms with Crippen LogP contribution >= 0.6 is 11.8 Å². The molecule has 2 heteroatoms. The molecule has 1 N–H and O–H groups in total. The van der Waals surface area contributed by atoms with E-state index >= 15 is 0 Å². The molecular weight excluding hydrogens is 214 g/mol. The van der Waals surface area contributed by atoms with Crippen molar-refractivity contribution in [3.63, 3.8) is 0 Å². The number of hydrogen-bond acceptors (Lipinski definition) is 2. The van der Waals surface area contributed by atoms with E-state index in [4.69, 9.17) is 0 Å². The van der Waals surface area contributed by atoms with Gasteiger partial charge in [-0.25, -0.2) is 0 Å². The lowest BCUT2D eigenvalue weighted by Crippen LogP contribution is -2.43. The van der Waals surface area contributed by atoms with E-state index in [1.165, 1.54) is 37.9 Å². The minimum Gasteiger partial charge on any atom is -0.313 e. The van der Waals surface area contributed by atoms with E-state index in [9.17, 15) is 0 Å². The van der Waals surface area contributed by atoms with Crippen molar-refractivity contribution in [2.24, 2.45) is 5.41 Å². The van der Waals surface area contributed by atoms with Crippen molar-refractivity contribution in [1.82, 2.24) is 5.32 Å². The highest BCUT2D eigenvalue weighted by Crippen LogP contribution is 2.32. The van der Waals surface area contributed by atoms with Crippen LogP contribution in [0, 0.1) is 5.41 Å². The number of thioether (sulfide) groups is 1. The van der Waals surface area contributed by atoms with Crippen molar-refractivity contribution in [2.45, 2.75) is 71.1 Å². The standard InChI is InChI=1S/C14H29NS/c1-5-10-15-13(14(2,3)4)11-16-12-8-6-7-9-12/h12-13,15H,5-11H2,1-4H3. The second-order valence-electron chi connectivity index (χ2n) is 6.11. The molecule has 1 aliphatic carbocycles. The minimum absolute atomic E-state index is 0.390. The first-order chi connectivity index (χ1) is 7.54. The molecule has 0 saturated heterocycles. The van der Waals surface area contributed by atoms with Gasteiger partial charge in [-0.15, -0.1) is 0 Å². The summed E-state index contributed by atoms with van der Waals surface area (Å²) in [6.45, 7) is 10.5. The van der Waals surface area contributed by atoms with Crippen molar-refractivity contribution in [3.05, 3.63) is 0 Å². The first-order valence-electron chi connectivity index (χ1n) is 6.89. The van der Waals surface area contributed by atoms with Crippen LogP contribution in [0.4, 0.5) is 0 Å². The van der Waals surface area contributed by atoms with Crippen molar-refractivity contribution in [2.75, 3.05) is 12.3 Å². The predicted molar refractivity (Wildman–Crippen MR) is 76.3 cm³/mol. The van der Waals surface area contributed by atoms with E-state index in [1.54, 1.807) is 0 Å². The van der Waals surface area contributed by atoms with Gasteiger partial charge in [-0.3, -0.25) is 0 Å². The number of nitrogens with one attached hydrogen (secondary N) is 1. The van der Waals surface area contributed by atoms with E-state index in [0.29, 0.717) is 11.5 Å². The third kappa shape index (κ3) is 5.09. The highest BCUT2D eigenvalue weighted by atomic mass is 32.2. The largest absolute Gasteiger partial charge is 0.313 e. The maximum absolute atomic E-state index is 3.71. The fourth-order valence-corrected chi connectivity index (χ4v) is 3.97. The van der Waals surface area contributed by atoms with Crippen molar-refractivity contribution >= 4 is 11.8 Å². The molecule has 0 bridgehead atoms. The fraction of sp³-hybridized carbons (Fsp3) is 1.00. The van der Waals surface area contributed by atoms with Crippen molar-refractivity contribution in [1.29, 1.82) is 0 Å². The molecule has 1 fully saturated rings. The summed E-state index contributed by atoms with van der Waals surface area (Å²) in [7, 11) is 0. The summed E-state index contributed by atoms with van der Waals surface area (Å²) in [4.78, 5) is 0. The molecule has 0 aromatic heterocycles. The van der Waals surface area contributed by atoms with Gasteiger partial charge >= 0.3 is 0 Å². The molecule has 16 heavy (non-hydrogen) atoms. The van der Waals surface area contributed by atoms with Gasteiger partial charge in [-0.1, -0.05) is 40.5 Å². The summed E-state index contributed by atoms with van der Waals surface area (Å²) < 4.78 is 0. The summed E-state index contributed by atoms with van der Waals surface area (Å²) in [5.41, 5.74) is 0.390. The lowest BCUT2D eigenvalue weighted by molar-refractivity contribution is 0.291. The summed E-state index contributed by atoms with van der Waals surface area (Å²) in [6.07, 6.45) is 7.06. The molecule has 1 atom stereocenters. The van der Waals surface area contributed by atoms with Gasteiger partial charge in [0, 0.05) is 17.0 Å². The van der Waals surface area contributed by atoms with Crippen LogP contribution in [0.25, 0.3) is 0 Å². The first kappa shape index (κ1) is 14.4. The Kier molecular flexibility index (Phi) is 6.20. The van der Waals surface area contributed by atoms with E-state index in [1.807, 2.05) is 0 Å². The second-order valence-corrected chi connectivity index (χ2v) is 7.45. The highest BCUT2D eigenvalue weighted by molar-refractivity contribution is 7.99. The van der Waals surface area contributed by atoms with Crippen LogP contribution in [-0.2, 0) is 0 Å². The molecule has 0 aliphatic heterocycles. The van der Waals surface area contributed by atoms with Crippen LogP contribution in [0.5, 0.6) is 0 Å². The van der Waals surface area contributed by atoms with Crippen molar-refractivity contribution < 1.29 is 0 Å². The van der Waals surface area contributed by atoms with Crippen LogP contribution in [-0.4, -0.2) is 23.6 Å². The van der Waals surface area contributed by atoms with Gasteiger partial charge in [-0.2, -0.15) is 11.8 Å². The Balaban J connectivity index is 2.31. The van der Waals surface area contributed by atoms with Crippen LogP contribution in [0.1, 0.15) is 59.8 Å². The van der Waals surface area contributed by atoms with E-state index in [2.05, 4.69) is 44.8 Å². The van der Waals surface area contributed by atoms with Gasteiger partial charge in [0.2, 0.25) is 0 Å². The third-order valence-corrected chi connectivity index (χ3v) is 4.96. The molecule has 0 aromatic carbocycles. The maximum Gasteiger partial charge on any atom is 0.0206 e. The Morgan fingerprint density at radius 3 is 2.38 bits per heavy atom. The Morgan fingerprint density at radius 1 is 1.25 bits per heavy atom. The molecule has 1 saturated carbocycles. The number of rotatable bonds is 6. The molecule has 1 nitrogen and oxygen atoms in total. The summed E-state index contributed by atoms with van der Waals surface area (Å²) in [5, 5.41) is 4.66. The monoisotopic (exact) mass is 243 g/mol. The smallest absolute Gasteiger partial charge is 0.0206 e. The molecule has 0 spiro atoms. The van der Waals surface area contributed by atoms with Gasteiger partial charge in [-0.05, 0) is 31.2 Å². The van der Waals surface area contributed by atoms with Gasteiger partial charge < -0.3 is 5.32 Å². The molecule has 1 aliphatic rings. The Morgan fingerprint density at radius 2 is 1.88 bits per heavy atom. The molecule has 0 amide bonds. The van der Waals surface area contributed by atoms with Gasteiger partial charge in [0.25, 0.3) is 0 Å². The zero-order chi connectivity index (χ0) is 12.0. The molecule has 0 aromatic rings. The van der Waals surface area contributed by atoms with Gasteiger partial charge in [0.05, 0.1) is 0 Å². The summed E-state index contributed by atoms with van der Waals surface area (Å²) >= 11 is 2.21.